The topological polar surface area (TPSA) is 77.2 Å². The number of ether oxygens (including phenoxy) is 1. The van der Waals surface area contributed by atoms with E-state index in [0.29, 0.717) is 11.8 Å². The van der Waals surface area contributed by atoms with Crippen LogP contribution in [0.25, 0.3) is 0 Å². The maximum Gasteiger partial charge on any atom is 0.313 e. The largest absolute Gasteiger partial charge is 0.481 e. The van der Waals surface area contributed by atoms with Gasteiger partial charge in [-0.2, -0.15) is 0 Å². The summed E-state index contributed by atoms with van der Waals surface area (Å²) in [5.74, 6) is 0.159. The first-order chi connectivity index (χ1) is 8.79. The lowest BCUT2D eigenvalue weighted by molar-refractivity contribution is -0.133. The molecule has 1 aromatic heterocycles. The molecule has 108 valence electrons. The number of methoxy groups -OCH3 is 1. The fourth-order valence-corrected chi connectivity index (χ4v) is 2.68. The molecule has 0 atom stereocenters. The number of thioether (sulfide) groups is 1. The number of carboxylic acid groups (broad SMARTS) is 1. The predicted molar refractivity (Wildman–Crippen MR) is 73.7 cm³/mol. The highest BCUT2D eigenvalue weighted by molar-refractivity contribution is 7.99. The molecule has 1 heterocycles. The Morgan fingerprint density at radius 1 is 1.47 bits per heavy atom. The normalized spacial score (nSPS) is 12.1. The fourth-order valence-electron chi connectivity index (χ4n) is 1.86. The zero-order chi connectivity index (χ0) is 14.6. The van der Waals surface area contributed by atoms with E-state index in [0.717, 1.165) is 5.82 Å². The maximum atomic E-state index is 10.7. The Hall–Kier alpha value is -1.08. The van der Waals surface area contributed by atoms with Crippen LogP contribution in [-0.2, 0) is 15.1 Å². The van der Waals surface area contributed by atoms with E-state index in [-0.39, 0.29) is 17.2 Å². The predicted octanol–water partition coefficient (Wildman–Crippen LogP) is 1.96. The average molecular weight is 287 g/mol. The second kappa shape index (κ2) is 6.38. The Labute approximate surface area is 117 Å². The molecule has 0 saturated carbocycles. The summed E-state index contributed by atoms with van der Waals surface area (Å²) in [6.45, 7) is 8.63. The van der Waals surface area contributed by atoms with Crippen molar-refractivity contribution >= 4 is 17.7 Å². The summed E-state index contributed by atoms with van der Waals surface area (Å²) in [5, 5.41) is 17.7. The van der Waals surface area contributed by atoms with Crippen molar-refractivity contribution in [1.82, 2.24) is 14.8 Å². The van der Waals surface area contributed by atoms with Crippen LogP contribution in [0.15, 0.2) is 5.16 Å². The zero-order valence-corrected chi connectivity index (χ0v) is 12.8. The van der Waals surface area contributed by atoms with Gasteiger partial charge < -0.3 is 9.84 Å². The molecule has 0 aliphatic heterocycles. The minimum absolute atomic E-state index is 0.0285. The lowest BCUT2D eigenvalue weighted by atomic mass is 10.1. The van der Waals surface area contributed by atoms with Gasteiger partial charge in [-0.05, 0) is 13.8 Å². The van der Waals surface area contributed by atoms with Gasteiger partial charge >= 0.3 is 5.97 Å². The summed E-state index contributed by atoms with van der Waals surface area (Å²) in [6, 6.07) is 0. The van der Waals surface area contributed by atoms with Crippen molar-refractivity contribution in [2.75, 3.05) is 19.5 Å². The molecule has 19 heavy (non-hydrogen) atoms. The number of carboxylic acids is 1. The molecule has 0 fully saturated rings. The third-order valence-electron chi connectivity index (χ3n) is 2.60. The number of aliphatic carboxylic acids is 1. The van der Waals surface area contributed by atoms with E-state index in [1.807, 2.05) is 32.3 Å². The highest BCUT2D eigenvalue weighted by atomic mass is 32.2. The van der Waals surface area contributed by atoms with Crippen LogP contribution in [0.5, 0.6) is 0 Å². The van der Waals surface area contributed by atoms with Gasteiger partial charge in [-0.25, -0.2) is 0 Å². The van der Waals surface area contributed by atoms with E-state index >= 15 is 0 Å². The van der Waals surface area contributed by atoms with Gasteiger partial charge in [-0.1, -0.05) is 25.6 Å². The minimum Gasteiger partial charge on any atom is -0.481 e. The van der Waals surface area contributed by atoms with Crippen LogP contribution in [0.4, 0.5) is 0 Å². The third-order valence-corrected chi connectivity index (χ3v) is 3.52. The molecular formula is C12H21N3O3S. The first-order valence-corrected chi connectivity index (χ1v) is 7.07. The Morgan fingerprint density at radius 3 is 2.58 bits per heavy atom. The Kier molecular flexibility index (Phi) is 5.37. The molecule has 7 heteroatoms. The van der Waals surface area contributed by atoms with Crippen LogP contribution in [0.2, 0.25) is 0 Å². The van der Waals surface area contributed by atoms with Crippen LogP contribution in [0.1, 0.15) is 39.4 Å². The monoisotopic (exact) mass is 287 g/mol. The van der Waals surface area contributed by atoms with Crippen molar-refractivity contribution in [3.8, 4) is 0 Å². The van der Waals surface area contributed by atoms with Gasteiger partial charge in [0.2, 0.25) is 0 Å². The number of carbonyl (C=O) groups is 1. The highest BCUT2D eigenvalue weighted by Crippen LogP contribution is 2.29. The summed E-state index contributed by atoms with van der Waals surface area (Å²) in [4.78, 5) is 10.7. The molecule has 0 spiro atoms. The van der Waals surface area contributed by atoms with Gasteiger partial charge in [0.15, 0.2) is 5.16 Å². The molecule has 0 aliphatic carbocycles. The second-order valence-corrected chi connectivity index (χ2v) is 6.20. The Morgan fingerprint density at radius 2 is 2.11 bits per heavy atom. The molecule has 0 bridgehead atoms. The van der Waals surface area contributed by atoms with E-state index in [1.165, 1.54) is 11.8 Å². The van der Waals surface area contributed by atoms with Gasteiger partial charge in [-0.15, -0.1) is 10.2 Å². The summed E-state index contributed by atoms with van der Waals surface area (Å²) in [6.07, 6.45) is 0. The van der Waals surface area contributed by atoms with Crippen LogP contribution >= 0.6 is 11.8 Å². The number of rotatable bonds is 7. The molecule has 0 radical (unpaired) electrons. The molecule has 0 aliphatic rings. The molecular weight excluding hydrogens is 266 g/mol. The molecule has 1 rings (SSSR count). The number of hydrogen-bond donors (Lipinski definition) is 1. The van der Waals surface area contributed by atoms with E-state index < -0.39 is 5.97 Å². The van der Waals surface area contributed by atoms with Crippen molar-refractivity contribution in [2.45, 2.75) is 44.3 Å². The van der Waals surface area contributed by atoms with Gasteiger partial charge in [0.05, 0.1) is 17.9 Å². The van der Waals surface area contributed by atoms with Crippen molar-refractivity contribution in [1.29, 1.82) is 0 Å². The molecule has 0 unspecified atom stereocenters. The van der Waals surface area contributed by atoms with Crippen LogP contribution in [-0.4, -0.2) is 45.3 Å². The molecule has 0 amide bonds. The van der Waals surface area contributed by atoms with E-state index in [1.54, 1.807) is 7.11 Å². The standard InChI is InChI=1S/C12H21N3O3S/c1-8(2)10-13-14-11(19-6-9(16)17)15(10)12(3,4)7-18-5/h8H,6-7H2,1-5H3,(H,16,17). The van der Waals surface area contributed by atoms with Crippen molar-refractivity contribution in [3.05, 3.63) is 5.82 Å². The molecule has 0 saturated heterocycles. The number of nitrogens with zero attached hydrogens (tertiary/aromatic N) is 3. The SMILES string of the molecule is COCC(C)(C)n1c(SCC(=O)O)nnc1C(C)C. The molecule has 1 N–H and O–H groups in total. The van der Waals surface area contributed by atoms with Gasteiger partial charge in [0.25, 0.3) is 0 Å². The Balaban J connectivity index is 3.15. The zero-order valence-electron chi connectivity index (χ0n) is 12.0. The average Bonchev–Trinajstić information content (AvgIpc) is 2.70. The molecule has 6 nitrogen and oxygen atoms in total. The fraction of sp³-hybridized carbons (Fsp3) is 0.750. The van der Waals surface area contributed by atoms with Crippen LogP contribution < -0.4 is 0 Å². The van der Waals surface area contributed by atoms with Crippen LogP contribution in [0.3, 0.4) is 0 Å². The quantitative estimate of drug-likeness (QED) is 0.772. The van der Waals surface area contributed by atoms with E-state index in [2.05, 4.69) is 10.2 Å². The molecule has 1 aromatic rings. The van der Waals surface area contributed by atoms with Crippen molar-refractivity contribution in [2.24, 2.45) is 0 Å². The van der Waals surface area contributed by atoms with Gasteiger partial charge in [0, 0.05) is 13.0 Å². The summed E-state index contributed by atoms with van der Waals surface area (Å²) in [5.41, 5.74) is -0.321. The van der Waals surface area contributed by atoms with Crippen LogP contribution in [0, 0.1) is 0 Å². The summed E-state index contributed by atoms with van der Waals surface area (Å²) >= 11 is 1.18. The Bertz CT molecular complexity index is 443. The first-order valence-electron chi connectivity index (χ1n) is 6.09. The third kappa shape index (κ3) is 3.94. The molecule has 0 aromatic carbocycles. The van der Waals surface area contributed by atoms with Crippen molar-refractivity contribution in [3.63, 3.8) is 0 Å². The highest BCUT2D eigenvalue weighted by Gasteiger charge is 2.29. The summed E-state index contributed by atoms with van der Waals surface area (Å²) < 4.78 is 7.22. The van der Waals surface area contributed by atoms with Crippen molar-refractivity contribution < 1.29 is 14.6 Å². The van der Waals surface area contributed by atoms with Gasteiger partial charge in [0.1, 0.15) is 5.82 Å². The smallest absolute Gasteiger partial charge is 0.313 e. The van der Waals surface area contributed by atoms with E-state index in [4.69, 9.17) is 9.84 Å². The lowest BCUT2D eigenvalue weighted by Gasteiger charge is -2.29. The second-order valence-electron chi connectivity index (χ2n) is 5.26. The lowest BCUT2D eigenvalue weighted by Crippen LogP contribution is -2.34. The van der Waals surface area contributed by atoms with Gasteiger partial charge in [-0.3, -0.25) is 9.36 Å². The number of hydrogen-bond acceptors (Lipinski definition) is 5. The maximum absolute atomic E-state index is 10.7. The van der Waals surface area contributed by atoms with E-state index in [9.17, 15) is 4.79 Å². The summed E-state index contributed by atoms with van der Waals surface area (Å²) in [7, 11) is 1.64. The first kappa shape index (κ1) is 16.0. The minimum atomic E-state index is -0.866. The number of aromatic nitrogens is 3.